The van der Waals surface area contributed by atoms with E-state index in [1.54, 1.807) is 18.1 Å². The molecule has 8 nitrogen and oxygen atoms in total. The third-order valence-electron chi connectivity index (χ3n) is 7.27. The van der Waals surface area contributed by atoms with Crippen molar-refractivity contribution in [3.05, 3.63) is 30.1 Å². The summed E-state index contributed by atoms with van der Waals surface area (Å²) in [6, 6.07) is 5.83. The highest BCUT2D eigenvalue weighted by atomic mass is 16.4. The van der Waals surface area contributed by atoms with Crippen molar-refractivity contribution >= 4 is 28.6 Å². The Balaban J connectivity index is 1.46. The van der Waals surface area contributed by atoms with E-state index in [9.17, 15) is 19.8 Å². The molecule has 1 aliphatic heterocycles. The molecule has 8 heteroatoms. The van der Waals surface area contributed by atoms with Crippen molar-refractivity contribution in [1.29, 1.82) is 0 Å². The van der Waals surface area contributed by atoms with Crippen molar-refractivity contribution in [3.8, 4) is 0 Å². The van der Waals surface area contributed by atoms with E-state index in [-0.39, 0.29) is 25.3 Å². The average molecular weight is 455 g/mol. The number of likely N-dealkylation sites (N-methyl/N-ethyl adjacent to an activating group) is 1. The molecule has 2 aliphatic rings. The van der Waals surface area contributed by atoms with Gasteiger partial charge in [0.05, 0.1) is 29.8 Å². The second-order valence-electron chi connectivity index (χ2n) is 10.1. The van der Waals surface area contributed by atoms with Crippen LogP contribution in [0.25, 0.3) is 11.0 Å². The van der Waals surface area contributed by atoms with E-state index in [4.69, 9.17) is 0 Å². The zero-order chi connectivity index (χ0) is 23.6. The largest absolute Gasteiger partial charge is 0.481 e. The molecule has 2 N–H and O–H groups in total. The van der Waals surface area contributed by atoms with E-state index in [1.165, 1.54) is 0 Å². The van der Waals surface area contributed by atoms with Gasteiger partial charge in [-0.1, -0.05) is 12.8 Å². The summed E-state index contributed by atoms with van der Waals surface area (Å²) in [7, 11) is 1.72. The van der Waals surface area contributed by atoms with Crippen LogP contribution in [0.4, 0.5) is 5.69 Å². The van der Waals surface area contributed by atoms with Gasteiger partial charge < -0.3 is 20.0 Å². The molecule has 4 rings (SSSR count). The quantitative estimate of drug-likeness (QED) is 0.662. The first-order valence-electron chi connectivity index (χ1n) is 11.8. The molecule has 0 bridgehead atoms. The molecule has 1 saturated carbocycles. The predicted molar refractivity (Wildman–Crippen MR) is 126 cm³/mol. The van der Waals surface area contributed by atoms with Gasteiger partial charge in [0, 0.05) is 38.4 Å². The highest BCUT2D eigenvalue weighted by Gasteiger charge is 2.41. The fraction of sp³-hybridized carbons (Fsp3) is 0.600. The van der Waals surface area contributed by atoms with Crippen molar-refractivity contribution in [2.24, 2.45) is 5.41 Å². The van der Waals surface area contributed by atoms with Crippen LogP contribution in [0, 0.1) is 12.3 Å². The van der Waals surface area contributed by atoms with Crippen LogP contribution in [0.5, 0.6) is 0 Å². The molecule has 1 amide bonds. The molecule has 178 valence electrons. The molecular weight excluding hydrogens is 420 g/mol. The number of aromatic nitrogens is 2. The van der Waals surface area contributed by atoms with Gasteiger partial charge in [-0.2, -0.15) is 0 Å². The summed E-state index contributed by atoms with van der Waals surface area (Å²) in [6.45, 7) is 3.38. The Labute approximate surface area is 194 Å². The highest BCUT2D eigenvalue weighted by molar-refractivity contribution is 5.88. The fourth-order valence-electron chi connectivity index (χ4n) is 5.66. The minimum Gasteiger partial charge on any atom is -0.481 e. The molecule has 0 radical (unpaired) electrons. The highest BCUT2D eigenvalue weighted by Crippen LogP contribution is 2.44. The zero-order valence-corrected chi connectivity index (χ0v) is 19.6. The SMILES string of the molecule is Cc1ccc2nccc(N3CCCC(O)(CN(C)C(=O)CC4(CC(=O)O)CCCC4)C3)c2n1. The number of piperidine rings is 1. The molecule has 1 aliphatic carbocycles. The second kappa shape index (κ2) is 9.25. The molecule has 2 fully saturated rings. The van der Waals surface area contributed by atoms with Crippen molar-refractivity contribution in [2.75, 3.05) is 31.6 Å². The van der Waals surface area contributed by atoms with Crippen molar-refractivity contribution in [3.63, 3.8) is 0 Å². The average Bonchev–Trinajstić information content (AvgIpc) is 3.20. The molecule has 0 aromatic carbocycles. The zero-order valence-electron chi connectivity index (χ0n) is 19.6. The summed E-state index contributed by atoms with van der Waals surface area (Å²) in [5.41, 5.74) is 2.01. The van der Waals surface area contributed by atoms with Gasteiger partial charge in [0.25, 0.3) is 0 Å². The number of carboxylic acid groups (broad SMARTS) is 1. The lowest BCUT2D eigenvalue weighted by molar-refractivity contribution is -0.142. The molecule has 0 spiro atoms. The first-order valence-corrected chi connectivity index (χ1v) is 11.8. The van der Waals surface area contributed by atoms with Crippen LogP contribution in [0.2, 0.25) is 0 Å². The van der Waals surface area contributed by atoms with E-state index < -0.39 is 17.0 Å². The summed E-state index contributed by atoms with van der Waals surface area (Å²) in [4.78, 5) is 37.3. The van der Waals surface area contributed by atoms with Gasteiger partial charge >= 0.3 is 5.97 Å². The number of β-amino-alcohol motifs (C(OH)–C–C–N with tert-alkyl or cyclic N) is 1. The minimum absolute atomic E-state index is 0.0339. The normalized spacial score (nSPS) is 22.5. The summed E-state index contributed by atoms with van der Waals surface area (Å²) in [6.07, 6.45) is 6.93. The lowest BCUT2D eigenvalue weighted by Crippen LogP contribution is -2.55. The summed E-state index contributed by atoms with van der Waals surface area (Å²) >= 11 is 0. The Morgan fingerprint density at radius 2 is 1.88 bits per heavy atom. The van der Waals surface area contributed by atoms with Crippen LogP contribution < -0.4 is 4.90 Å². The van der Waals surface area contributed by atoms with E-state index in [0.29, 0.717) is 13.0 Å². The molecule has 33 heavy (non-hydrogen) atoms. The molecule has 2 aromatic heterocycles. The van der Waals surface area contributed by atoms with E-state index in [0.717, 1.165) is 61.1 Å². The third-order valence-corrected chi connectivity index (χ3v) is 7.27. The topological polar surface area (TPSA) is 107 Å². The maximum absolute atomic E-state index is 13.1. The predicted octanol–water partition coefficient (Wildman–Crippen LogP) is 3.15. The molecule has 1 unspecified atom stereocenters. The Morgan fingerprint density at radius 1 is 1.12 bits per heavy atom. The van der Waals surface area contributed by atoms with E-state index >= 15 is 0 Å². The summed E-state index contributed by atoms with van der Waals surface area (Å²) in [5, 5.41) is 20.8. The number of carbonyl (C=O) groups excluding carboxylic acids is 1. The Hall–Kier alpha value is -2.74. The number of carbonyl (C=O) groups is 2. The number of anilines is 1. The van der Waals surface area contributed by atoms with Crippen LogP contribution >= 0.6 is 0 Å². The Morgan fingerprint density at radius 3 is 2.61 bits per heavy atom. The number of pyridine rings is 2. The second-order valence-corrected chi connectivity index (χ2v) is 10.1. The molecule has 2 aromatic rings. The van der Waals surface area contributed by atoms with Gasteiger partial charge in [-0.05, 0) is 56.2 Å². The number of fused-ring (bicyclic) bond motifs is 1. The summed E-state index contributed by atoms with van der Waals surface area (Å²) in [5.74, 6) is -0.933. The molecule has 1 saturated heterocycles. The maximum atomic E-state index is 13.1. The number of aliphatic hydroxyl groups is 1. The van der Waals surface area contributed by atoms with Gasteiger partial charge in [0.15, 0.2) is 0 Å². The van der Waals surface area contributed by atoms with E-state index in [1.807, 2.05) is 25.1 Å². The molecule has 3 heterocycles. The maximum Gasteiger partial charge on any atom is 0.303 e. The number of aryl methyl sites for hydroxylation is 1. The first kappa shape index (κ1) is 23.4. The first-order chi connectivity index (χ1) is 15.7. The number of amides is 1. The van der Waals surface area contributed by atoms with Gasteiger partial charge in [-0.3, -0.25) is 14.6 Å². The van der Waals surface area contributed by atoms with Crippen molar-refractivity contribution in [2.45, 2.75) is 63.9 Å². The van der Waals surface area contributed by atoms with Crippen LogP contribution in [0.15, 0.2) is 24.4 Å². The smallest absolute Gasteiger partial charge is 0.303 e. The number of hydrogen-bond acceptors (Lipinski definition) is 6. The fourth-order valence-corrected chi connectivity index (χ4v) is 5.66. The number of rotatable bonds is 7. The lowest BCUT2D eigenvalue weighted by atomic mass is 9.79. The summed E-state index contributed by atoms with van der Waals surface area (Å²) < 4.78 is 0. The van der Waals surface area contributed by atoms with Crippen molar-refractivity contribution < 1.29 is 19.8 Å². The third kappa shape index (κ3) is 5.27. The number of aliphatic carboxylic acids is 1. The molecular formula is C25H34N4O4. The van der Waals surface area contributed by atoms with Gasteiger partial charge in [0.1, 0.15) is 5.52 Å². The van der Waals surface area contributed by atoms with Gasteiger partial charge in [-0.25, -0.2) is 4.98 Å². The number of carboxylic acids is 1. The monoisotopic (exact) mass is 454 g/mol. The van der Waals surface area contributed by atoms with Crippen LogP contribution in [-0.4, -0.2) is 69.2 Å². The number of hydrogen-bond donors (Lipinski definition) is 2. The lowest BCUT2D eigenvalue weighted by Gasteiger charge is -2.42. The molecule has 1 atom stereocenters. The standard InChI is InChI=1S/C25H34N4O4/c1-18-6-7-19-23(27-18)20(8-12-26-19)29-13-5-11-25(33,17-29)16-28(2)21(30)14-24(15-22(31)32)9-3-4-10-24/h6-8,12,33H,3-5,9-11,13-17H2,1-2H3,(H,31,32). The Kier molecular flexibility index (Phi) is 6.56. The van der Waals surface area contributed by atoms with Crippen molar-refractivity contribution in [1.82, 2.24) is 14.9 Å². The van der Waals surface area contributed by atoms with Crippen LogP contribution in [-0.2, 0) is 9.59 Å². The van der Waals surface area contributed by atoms with Crippen LogP contribution in [0.3, 0.4) is 0 Å². The van der Waals surface area contributed by atoms with Gasteiger partial charge in [0.2, 0.25) is 5.91 Å². The van der Waals surface area contributed by atoms with Crippen LogP contribution in [0.1, 0.15) is 57.1 Å². The Bertz CT molecular complexity index is 1040. The number of nitrogens with zero attached hydrogens (tertiary/aromatic N) is 4. The minimum atomic E-state index is -1.04. The van der Waals surface area contributed by atoms with Gasteiger partial charge in [-0.15, -0.1) is 0 Å². The van der Waals surface area contributed by atoms with E-state index in [2.05, 4.69) is 14.9 Å².